The standard InChI is InChI=1S/C15H22N2O2S/c1-4-17(10-11(2)15(16)20)14(18)9-12-6-5-7-13(8-12)19-3/h5-8,11H,4,9-10H2,1-3H3,(H2,16,20). The van der Waals surface area contributed by atoms with Crippen LogP contribution in [-0.4, -0.2) is 36.0 Å². The molecule has 0 aliphatic rings. The van der Waals surface area contributed by atoms with Gasteiger partial charge in [0.05, 0.1) is 18.5 Å². The Bertz CT molecular complexity index is 477. The van der Waals surface area contributed by atoms with Crippen LogP contribution in [0.3, 0.4) is 0 Å². The minimum Gasteiger partial charge on any atom is -0.497 e. The Morgan fingerprint density at radius 1 is 1.50 bits per heavy atom. The van der Waals surface area contributed by atoms with Gasteiger partial charge in [0.15, 0.2) is 0 Å². The molecule has 0 aliphatic heterocycles. The van der Waals surface area contributed by atoms with Crippen molar-refractivity contribution < 1.29 is 9.53 Å². The van der Waals surface area contributed by atoms with Gasteiger partial charge in [-0.25, -0.2) is 0 Å². The second kappa shape index (κ2) is 7.85. The molecule has 110 valence electrons. The van der Waals surface area contributed by atoms with E-state index < -0.39 is 0 Å². The number of benzene rings is 1. The van der Waals surface area contributed by atoms with Gasteiger partial charge in [-0.05, 0) is 24.6 Å². The first-order valence-electron chi connectivity index (χ1n) is 6.68. The number of nitrogens with zero attached hydrogens (tertiary/aromatic N) is 1. The monoisotopic (exact) mass is 294 g/mol. The van der Waals surface area contributed by atoms with Gasteiger partial charge in [0.25, 0.3) is 0 Å². The van der Waals surface area contributed by atoms with Gasteiger partial charge in [-0.15, -0.1) is 0 Å². The predicted molar refractivity (Wildman–Crippen MR) is 84.9 cm³/mol. The fraction of sp³-hybridized carbons (Fsp3) is 0.467. The average molecular weight is 294 g/mol. The lowest BCUT2D eigenvalue weighted by Crippen LogP contribution is -2.38. The van der Waals surface area contributed by atoms with E-state index >= 15 is 0 Å². The van der Waals surface area contributed by atoms with E-state index in [1.54, 1.807) is 12.0 Å². The fourth-order valence-corrected chi connectivity index (χ4v) is 1.97. The first-order valence-corrected chi connectivity index (χ1v) is 7.08. The Balaban J connectivity index is 2.69. The van der Waals surface area contributed by atoms with Crippen molar-refractivity contribution in [3.63, 3.8) is 0 Å². The van der Waals surface area contributed by atoms with Gasteiger partial charge in [0.2, 0.25) is 5.91 Å². The molecule has 0 radical (unpaired) electrons. The lowest BCUT2D eigenvalue weighted by atomic mass is 10.1. The Hall–Kier alpha value is -1.62. The van der Waals surface area contributed by atoms with Crippen molar-refractivity contribution in [3.05, 3.63) is 29.8 Å². The third kappa shape index (κ3) is 4.81. The molecule has 0 spiro atoms. The number of thiocarbonyl (C=S) groups is 1. The Morgan fingerprint density at radius 3 is 2.75 bits per heavy atom. The van der Waals surface area contributed by atoms with E-state index in [0.717, 1.165) is 11.3 Å². The van der Waals surface area contributed by atoms with Gasteiger partial charge in [0, 0.05) is 19.0 Å². The molecular weight excluding hydrogens is 272 g/mol. The topological polar surface area (TPSA) is 55.6 Å². The van der Waals surface area contributed by atoms with Crippen LogP contribution >= 0.6 is 12.2 Å². The number of methoxy groups -OCH3 is 1. The maximum absolute atomic E-state index is 12.3. The molecule has 1 atom stereocenters. The number of carbonyl (C=O) groups excluding carboxylic acids is 1. The van der Waals surface area contributed by atoms with Crippen LogP contribution < -0.4 is 10.5 Å². The minimum atomic E-state index is 0.0270. The summed E-state index contributed by atoms with van der Waals surface area (Å²) in [6.45, 7) is 5.10. The van der Waals surface area contributed by atoms with E-state index in [1.807, 2.05) is 38.1 Å². The molecule has 0 bridgehead atoms. The minimum absolute atomic E-state index is 0.0270. The van der Waals surface area contributed by atoms with Crippen molar-refractivity contribution in [1.82, 2.24) is 4.90 Å². The lowest BCUT2D eigenvalue weighted by Gasteiger charge is -2.24. The van der Waals surface area contributed by atoms with Crippen molar-refractivity contribution in [3.8, 4) is 5.75 Å². The number of carbonyl (C=O) groups is 1. The molecule has 1 aromatic carbocycles. The van der Waals surface area contributed by atoms with Crippen molar-refractivity contribution in [1.29, 1.82) is 0 Å². The summed E-state index contributed by atoms with van der Waals surface area (Å²) < 4.78 is 5.16. The second-order valence-corrected chi connectivity index (χ2v) is 5.24. The van der Waals surface area contributed by atoms with E-state index in [9.17, 15) is 4.79 Å². The van der Waals surface area contributed by atoms with Crippen LogP contribution in [0.1, 0.15) is 19.4 Å². The largest absolute Gasteiger partial charge is 0.497 e. The third-order valence-corrected chi connectivity index (χ3v) is 3.61. The SMILES string of the molecule is CCN(CC(C)C(N)=S)C(=O)Cc1cccc(OC)c1. The Kier molecular flexibility index (Phi) is 6.45. The van der Waals surface area contributed by atoms with Gasteiger partial charge in [0.1, 0.15) is 5.75 Å². The van der Waals surface area contributed by atoms with E-state index in [0.29, 0.717) is 24.5 Å². The van der Waals surface area contributed by atoms with Crippen molar-refractivity contribution in [2.75, 3.05) is 20.2 Å². The molecule has 2 N–H and O–H groups in total. The van der Waals surface area contributed by atoms with E-state index in [4.69, 9.17) is 22.7 Å². The normalized spacial score (nSPS) is 11.8. The van der Waals surface area contributed by atoms with Crippen LogP contribution in [-0.2, 0) is 11.2 Å². The van der Waals surface area contributed by atoms with Gasteiger partial charge in [-0.1, -0.05) is 31.3 Å². The summed E-state index contributed by atoms with van der Waals surface area (Å²) in [4.78, 5) is 14.5. The van der Waals surface area contributed by atoms with Crippen molar-refractivity contribution >= 4 is 23.1 Å². The van der Waals surface area contributed by atoms with Crippen molar-refractivity contribution in [2.24, 2.45) is 11.7 Å². The molecule has 20 heavy (non-hydrogen) atoms. The van der Waals surface area contributed by atoms with Crippen LogP contribution in [0.4, 0.5) is 0 Å². The molecule has 0 saturated carbocycles. The number of hydrogen-bond acceptors (Lipinski definition) is 3. The van der Waals surface area contributed by atoms with Gasteiger partial charge in [-0.2, -0.15) is 0 Å². The molecule has 1 unspecified atom stereocenters. The molecule has 0 heterocycles. The quantitative estimate of drug-likeness (QED) is 0.782. The van der Waals surface area contributed by atoms with Crippen LogP contribution in [0.5, 0.6) is 5.75 Å². The summed E-state index contributed by atoms with van der Waals surface area (Å²) in [6.07, 6.45) is 0.356. The summed E-state index contributed by atoms with van der Waals surface area (Å²) >= 11 is 4.96. The average Bonchev–Trinajstić information content (AvgIpc) is 2.44. The van der Waals surface area contributed by atoms with Crippen molar-refractivity contribution in [2.45, 2.75) is 20.3 Å². The van der Waals surface area contributed by atoms with E-state index in [1.165, 1.54) is 0 Å². The first-order chi connectivity index (χ1) is 9.47. The number of amides is 1. The molecule has 1 aromatic rings. The molecule has 5 heteroatoms. The summed E-state index contributed by atoms with van der Waals surface area (Å²) in [7, 11) is 1.61. The molecule has 1 rings (SSSR count). The highest BCUT2D eigenvalue weighted by atomic mass is 32.1. The number of likely N-dealkylation sites (N-methyl/N-ethyl adjacent to an activating group) is 1. The maximum atomic E-state index is 12.3. The molecule has 0 aliphatic carbocycles. The zero-order valence-electron chi connectivity index (χ0n) is 12.3. The molecule has 0 fully saturated rings. The molecular formula is C15H22N2O2S. The predicted octanol–water partition coefficient (Wildman–Crippen LogP) is 2.01. The van der Waals surface area contributed by atoms with E-state index in [-0.39, 0.29) is 11.8 Å². The second-order valence-electron chi connectivity index (χ2n) is 4.76. The maximum Gasteiger partial charge on any atom is 0.227 e. The number of rotatable bonds is 7. The summed E-state index contributed by atoms with van der Waals surface area (Å²) in [5.41, 5.74) is 6.55. The highest BCUT2D eigenvalue weighted by molar-refractivity contribution is 7.80. The summed E-state index contributed by atoms with van der Waals surface area (Å²) in [5, 5.41) is 0. The van der Waals surface area contributed by atoms with Crippen LogP contribution in [0.25, 0.3) is 0 Å². The fourth-order valence-electron chi connectivity index (χ4n) is 1.90. The highest BCUT2D eigenvalue weighted by Crippen LogP contribution is 2.14. The zero-order valence-corrected chi connectivity index (χ0v) is 13.1. The van der Waals surface area contributed by atoms with Gasteiger partial charge in [-0.3, -0.25) is 4.79 Å². The first kappa shape index (κ1) is 16.4. The smallest absolute Gasteiger partial charge is 0.227 e. The number of hydrogen-bond donors (Lipinski definition) is 1. The molecule has 4 nitrogen and oxygen atoms in total. The zero-order chi connectivity index (χ0) is 15.1. The highest BCUT2D eigenvalue weighted by Gasteiger charge is 2.16. The van der Waals surface area contributed by atoms with Crippen LogP contribution in [0, 0.1) is 5.92 Å². The number of nitrogens with two attached hydrogens (primary N) is 1. The molecule has 0 saturated heterocycles. The third-order valence-electron chi connectivity index (χ3n) is 3.20. The van der Waals surface area contributed by atoms with Gasteiger partial charge < -0.3 is 15.4 Å². The van der Waals surface area contributed by atoms with E-state index in [2.05, 4.69) is 0 Å². The summed E-state index contributed by atoms with van der Waals surface area (Å²) in [6, 6.07) is 7.55. The Labute approximate surface area is 125 Å². The summed E-state index contributed by atoms with van der Waals surface area (Å²) in [5.74, 6) is 0.859. The Morgan fingerprint density at radius 2 is 2.20 bits per heavy atom. The van der Waals surface area contributed by atoms with Crippen LogP contribution in [0.2, 0.25) is 0 Å². The number of ether oxygens (including phenoxy) is 1. The van der Waals surface area contributed by atoms with Gasteiger partial charge >= 0.3 is 0 Å². The lowest BCUT2D eigenvalue weighted by molar-refractivity contribution is -0.130. The molecule has 0 aromatic heterocycles. The molecule has 1 amide bonds. The van der Waals surface area contributed by atoms with Crippen LogP contribution in [0.15, 0.2) is 24.3 Å².